The fourth-order valence-corrected chi connectivity index (χ4v) is 5.17. The van der Waals surface area contributed by atoms with E-state index < -0.39 is 0 Å². The summed E-state index contributed by atoms with van der Waals surface area (Å²) in [5.41, 5.74) is 14.4. The molecule has 0 aliphatic carbocycles. The van der Waals surface area contributed by atoms with Crippen molar-refractivity contribution in [1.29, 1.82) is 5.26 Å². The molecule has 5 rings (SSSR count). The van der Waals surface area contributed by atoms with E-state index in [9.17, 15) is 9.18 Å². The van der Waals surface area contributed by atoms with Crippen LogP contribution in [0.5, 0.6) is 0 Å². The van der Waals surface area contributed by atoms with Crippen LogP contribution in [0.4, 0.5) is 10.1 Å². The highest BCUT2D eigenvalue weighted by atomic mass is 19.1. The summed E-state index contributed by atoms with van der Waals surface area (Å²) in [6.07, 6.45) is 8.23. The SMILES string of the molecule is C=N/C(=C\C=C/Cc1ccc(C#N)cc1F)c1ccc(Cc2nc3cc(C)ccc3n2CCOC)cc1.CO.Nc1ccc(CCNC=O)cc1. The number of halogens is 1. The lowest BCUT2D eigenvalue weighted by atomic mass is 10.1. The highest BCUT2D eigenvalue weighted by Crippen LogP contribution is 2.22. The number of hydrogen-bond acceptors (Lipinski definition) is 7. The highest BCUT2D eigenvalue weighted by Gasteiger charge is 2.12. The first kappa shape index (κ1) is 39.5. The summed E-state index contributed by atoms with van der Waals surface area (Å²) in [6, 6.07) is 28.6. The van der Waals surface area contributed by atoms with Crippen LogP contribution in [0, 0.1) is 24.1 Å². The minimum absolute atomic E-state index is 0.314. The molecular formula is C41H45FN6O3. The Morgan fingerprint density at radius 1 is 1.08 bits per heavy atom. The first-order chi connectivity index (χ1) is 24.8. The zero-order chi connectivity index (χ0) is 37.0. The van der Waals surface area contributed by atoms with Crippen molar-refractivity contribution in [2.45, 2.75) is 32.7 Å². The lowest BCUT2D eigenvalue weighted by molar-refractivity contribution is -0.109. The summed E-state index contributed by atoms with van der Waals surface area (Å²) in [6.45, 7) is 7.82. The third-order valence-electron chi connectivity index (χ3n) is 7.82. The summed E-state index contributed by atoms with van der Waals surface area (Å²) in [4.78, 5) is 19.0. The number of nitrogen functional groups attached to an aromatic ring is 1. The van der Waals surface area contributed by atoms with Crippen LogP contribution in [-0.2, 0) is 35.3 Å². The van der Waals surface area contributed by atoms with Crippen LogP contribution in [0.2, 0.25) is 0 Å². The van der Waals surface area contributed by atoms with Gasteiger partial charge in [-0.1, -0.05) is 60.7 Å². The maximum atomic E-state index is 14.1. The normalized spacial score (nSPS) is 10.9. The Kier molecular flexibility index (Phi) is 16.5. The molecule has 1 amide bonds. The molecule has 1 heterocycles. The maximum Gasteiger partial charge on any atom is 0.207 e. The molecule has 0 bridgehead atoms. The molecule has 0 aliphatic heterocycles. The number of aromatic nitrogens is 2. The predicted octanol–water partition coefficient (Wildman–Crippen LogP) is 6.60. The Morgan fingerprint density at radius 3 is 2.45 bits per heavy atom. The first-order valence-corrected chi connectivity index (χ1v) is 16.4. The van der Waals surface area contributed by atoms with Crippen molar-refractivity contribution >= 4 is 35.5 Å². The summed E-state index contributed by atoms with van der Waals surface area (Å²) < 4.78 is 21.6. The zero-order valence-corrected chi connectivity index (χ0v) is 29.3. The molecule has 0 spiro atoms. The van der Waals surface area contributed by atoms with Crippen molar-refractivity contribution in [3.8, 4) is 6.07 Å². The number of amides is 1. The van der Waals surface area contributed by atoms with E-state index in [1.807, 2.05) is 60.7 Å². The van der Waals surface area contributed by atoms with Gasteiger partial charge in [-0.2, -0.15) is 5.26 Å². The number of aliphatic hydroxyl groups is 1. The maximum absolute atomic E-state index is 14.1. The lowest BCUT2D eigenvalue weighted by Crippen LogP contribution is -2.14. The van der Waals surface area contributed by atoms with E-state index in [1.165, 1.54) is 17.2 Å². The molecule has 10 heteroatoms. The van der Waals surface area contributed by atoms with Gasteiger partial charge in [0.05, 0.1) is 35.0 Å². The Bertz CT molecular complexity index is 1960. The average molecular weight is 689 g/mol. The summed E-state index contributed by atoms with van der Waals surface area (Å²) in [5, 5.41) is 18.5. The molecule has 0 atom stereocenters. The number of fused-ring (bicyclic) bond motifs is 1. The minimum atomic E-state index is -0.378. The second kappa shape index (κ2) is 21.3. The van der Waals surface area contributed by atoms with Crippen molar-refractivity contribution in [2.24, 2.45) is 4.99 Å². The van der Waals surface area contributed by atoms with Gasteiger partial charge < -0.3 is 25.5 Å². The molecule has 0 aliphatic rings. The van der Waals surface area contributed by atoms with Gasteiger partial charge in [0, 0.05) is 45.0 Å². The molecule has 0 saturated carbocycles. The largest absolute Gasteiger partial charge is 0.400 e. The number of benzene rings is 4. The number of nitrogens with two attached hydrogens (primary N) is 1. The van der Waals surface area contributed by atoms with Gasteiger partial charge in [0.15, 0.2) is 0 Å². The zero-order valence-electron chi connectivity index (χ0n) is 29.3. The number of nitriles is 1. The molecule has 51 heavy (non-hydrogen) atoms. The number of ether oxygens (including phenoxy) is 1. The summed E-state index contributed by atoms with van der Waals surface area (Å²) in [7, 11) is 2.71. The number of hydrogen-bond donors (Lipinski definition) is 3. The van der Waals surface area contributed by atoms with Crippen LogP contribution in [0.25, 0.3) is 16.7 Å². The first-order valence-electron chi connectivity index (χ1n) is 16.4. The van der Waals surface area contributed by atoms with E-state index in [0.29, 0.717) is 43.5 Å². The van der Waals surface area contributed by atoms with Gasteiger partial charge in [-0.3, -0.25) is 9.79 Å². The number of aryl methyl sites for hydroxylation is 1. The van der Waals surface area contributed by atoms with Crippen molar-refractivity contribution in [2.75, 3.05) is 33.1 Å². The van der Waals surface area contributed by atoms with Gasteiger partial charge in [-0.05, 0) is 91.2 Å². The number of nitrogens with one attached hydrogen (secondary N) is 1. The van der Waals surface area contributed by atoms with Gasteiger partial charge >= 0.3 is 0 Å². The Morgan fingerprint density at radius 2 is 1.80 bits per heavy atom. The third kappa shape index (κ3) is 12.2. The molecule has 4 N–H and O–H groups in total. The molecule has 1 aromatic heterocycles. The number of anilines is 1. The monoisotopic (exact) mass is 688 g/mol. The minimum Gasteiger partial charge on any atom is -0.400 e. The van der Waals surface area contributed by atoms with Crippen molar-refractivity contribution in [1.82, 2.24) is 14.9 Å². The molecular weight excluding hydrogens is 643 g/mol. The van der Waals surface area contributed by atoms with E-state index in [2.05, 4.69) is 58.8 Å². The fourth-order valence-electron chi connectivity index (χ4n) is 5.17. The van der Waals surface area contributed by atoms with Crippen molar-refractivity contribution in [3.05, 3.63) is 148 Å². The lowest BCUT2D eigenvalue weighted by Gasteiger charge is -2.09. The van der Waals surface area contributed by atoms with Gasteiger partial charge in [0.1, 0.15) is 11.6 Å². The smallest absolute Gasteiger partial charge is 0.207 e. The number of carbonyl (C=O) groups is 1. The van der Waals surface area contributed by atoms with Crippen molar-refractivity contribution in [3.63, 3.8) is 0 Å². The Balaban J connectivity index is 0.000000422. The second-order valence-electron chi connectivity index (χ2n) is 11.4. The van der Waals surface area contributed by atoms with Crippen LogP contribution in [0.15, 0.2) is 108 Å². The number of methoxy groups -OCH3 is 1. The van der Waals surface area contributed by atoms with E-state index in [-0.39, 0.29) is 5.82 Å². The van der Waals surface area contributed by atoms with E-state index in [1.54, 1.807) is 19.2 Å². The highest BCUT2D eigenvalue weighted by molar-refractivity contribution is 5.77. The number of aliphatic imine (C=N–C) groups is 1. The molecule has 264 valence electrons. The number of imidazole rings is 1. The summed E-state index contributed by atoms with van der Waals surface area (Å²) >= 11 is 0. The Hall–Kier alpha value is -5.89. The average Bonchev–Trinajstić information content (AvgIpc) is 3.49. The molecule has 0 radical (unpaired) electrons. The standard InChI is InChI=1S/C31H29FN4O.C9H12N2O.CH4O/c1-22-8-15-30-29(18-22)35-31(36(30)16-17-37-3)20-23-9-13-26(14-10-23)28(34-2)7-5-4-6-25-12-11-24(21-33)19-27(25)32;10-9-3-1-8(2-4-9)5-6-11-7-12;1-2/h4-5,7-15,18-19H,2,6,16-17,20H2,1,3H3;1-4,7H,5-6,10H2,(H,11,12);2H,1H3/b5-4-,28-7-;;. The number of aliphatic hydroxyl groups excluding tert-OH is 1. The number of carbonyl (C=O) groups excluding carboxylic acids is 1. The van der Waals surface area contributed by atoms with Crippen LogP contribution >= 0.6 is 0 Å². The van der Waals surface area contributed by atoms with E-state index in [4.69, 9.17) is 25.8 Å². The van der Waals surface area contributed by atoms with Gasteiger partial charge in [-0.15, -0.1) is 0 Å². The van der Waals surface area contributed by atoms with Gasteiger partial charge in [0.25, 0.3) is 0 Å². The topological polar surface area (TPSA) is 139 Å². The molecule has 0 fully saturated rings. The van der Waals surface area contributed by atoms with E-state index in [0.717, 1.165) is 59.4 Å². The van der Waals surface area contributed by atoms with Gasteiger partial charge in [0.2, 0.25) is 6.41 Å². The van der Waals surface area contributed by atoms with Gasteiger partial charge in [-0.25, -0.2) is 9.37 Å². The van der Waals surface area contributed by atoms with Crippen LogP contribution in [0.3, 0.4) is 0 Å². The predicted molar refractivity (Wildman–Crippen MR) is 204 cm³/mol. The molecule has 4 aromatic carbocycles. The fraction of sp³-hybridized carbons (Fsp3) is 0.220. The second-order valence-corrected chi connectivity index (χ2v) is 11.4. The van der Waals surface area contributed by atoms with Crippen LogP contribution in [0.1, 0.15) is 39.2 Å². The molecule has 0 unspecified atom stereocenters. The quantitative estimate of drug-likeness (QED) is 0.0395. The molecule has 0 saturated heterocycles. The van der Waals surface area contributed by atoms with Crippen LogP contribution in [-0.4, -0.2) is 55.2 Å². The van der Waals surface area contributed by atoms with Crippen LogP contribution < -0.4 is 11.1 Å². The number of allylic oxidation sites excluding steroid dienone is 3. The van der Waals surface area contributed by atoms with Crippen molar-refractivity contribution < 1.29 is 19.0 Å². The molecule has 9 nitrogen and oxygen atoms in total. The van der Waals surface area contributed by atoms with E-state index >= 15 is 0 Å². The Labute approximate surface area is 299 Å². The number of rotatable bonds is 14. The third-order valence-corrected chi connectivity index (χ3v) is 7.82. The molecule has 5 aromatic rings. The number of nitrogens with zero attached hydrogens (tertiary/aromatic N) is 4. The summed E-state index contributed by atoms with van der Waals surface area (Å²) in [5.74, 6) is 0.622.